The molecule has 0 amide bonds. The number of hydrogen-bond donors (Lipinski definition) is 1. The molecule has 4 heteroatoms. The van der Waals surface area contributed by atoms with Crippen LogP contribution in [-0.2, 0) is 13.0 Å². The molecule has 4 aromatic rings. The number of hydrogen-bond acceptors (Lipinski definition) is 3. The minimum Gasteiger partial charge on any atom is -0.353 e. The van der Waals surface area contributed by atoms with Crippen LogP contribution in [0.1, 0.15) is 35.8 Å². The van der Waals surface area contributed by atoms with Gasteiger partial charge < -0.3 is 4.98 Å². The van der Waals surface area contributed by atoms with E-state index in [2.05, 4.69) is 53.3 Å². The Bertz CT molecular complexity index is 1080. The molecule has 3 aromatic heterocycles. The Morgan fingerprint density at radius 2 is 1.96 bits per heavy atom. The van der Waals surface area contributed by atoms with Crippen molar-refractivity contribution in [1.82, 2.24) is 19.9 Å². The molecule has 0 saturated carbocycles. The molecule has 0 fully saturated rings. The number of aryl methyl sites for hydroxylation is 1. The standard InChI is InChI=1S/C22H22N4/c1-26(20-10-4-6-15-7-5-12-24-21(15)20)14-19-22-17(11-13-23-19)16-8-2-3-9-18(16)25-22/h2-3,5,7-9,11-13,20,25H,4,6,10,14H2,1H3/t20-/m0/s1. The molecule has 1 aliphatic rings. The summed E-state index contributed by atoms with van der Waals surface area (Å²) in [5.41, 5.74) is 6.06. The van der Waals surface area contributed by atoms with Gasteiger partial charge in [-0.1, -0.05) is 24.3 Å². The van der Waals surface area contributed by atoms with E-state index in [4.69, 9.17) is 9.97 Å². The van der Waals surface area contributed by atoms with Crippen LogP contribution in [0.15, 0.2) is 54.9 Å². The van der Waals surface area contributed by atoms with Crippen molar-refractivity contribution < 1.29 is 0 Å². The largest absolute Gasteiger partial charge is 0.353 e. The molecule has 26 heavy (non-hydrogen) atoms. The zero-order valence-corrected chi connectivity index (χ0v) is 14.9. The normalized spacial score (nSPS) is 17.1. The van der Waals surface area contributed by atoms with E-state index in [0.717, 1.165) is 30.6 Å². The average molecular weight is 342 g/mol. The zero-order chi connectivity index (χ0) is 17.5. The summed E-state index contributed by atoms with van der Waals surface area (Å²) in [6, 6.07) is 15.2. The van der Waals surface area contributed by atoms with Crippen molar-refractivity contribution in [1.29, 1.82) is 0 Å². The van der Waals surface area contributed by atoms with E-state index in [1.54, 1.807) is 0 Å². The van der Waals surface area contributed by atoms with Crippen molar-refractivity contribution in [2.24, 2.45) is 0 Å². The van der Waals surface area contributed by atoms with Crippen LogP contribution in [0, 0.1) is 0 Å². The Morgan fingerprint density at radius 3 is 2.92 bits per heavy atom. The monoisotopic (exact) mass is 342 g/mol. The summed E-state index contributed by atoms with van der Waals surface area (Å²) in [6.45, 7) is 0.810. The van der Waals surface area contributed by atoms with E-state index in [0.29, 0.717) is 6.04 Å². The Balaban J connectivity index is 1.52. The Kier molecular flexibility index (Phi) is 3.71. The fourth-order valence-electron chi connectivity index (χ4n) is 4.31. The predicted octanol–water partition coefficient (Wildman–Crippen LogP) is 4.62. The molecule has 1 aliphatic carbocycles. The van der Waals surface area contributed by atoms with Crippen molar-refractivity contribution >= 4 is 21.8 Å². The van der Waals surface area contributed by atoms with Gasteiger partial charge in [-0.15, -0.1) is 0 Å². The first-order valence-electron chi connectivity index (χ1n) is 9.29. The third kappa shape index (κ3) is 2.49. The molecule has 3 heterocycles. The van der Waals surface area contributed by atoms with Crippen LogP contribution in [0.3, 0.4) is 0 Å². The molecule has 0 spiro atoms. The van der Waals surface area contributed by atoms with Gasteiger partial charge in [0, 0.05) is 35.2 Å². The third-order valence-corrected chi connectivity index (χ3v) is 5.60. The Labute approximate surface area is 152 Å². The summed E-state index contributed by atoms with van der Waals surface area (Å²) in [6.07, 6.45) is 7.37. The molecule has 1 aromatic carbocycles. The fraction of sp³-hybridized carbons (Fsp3) is 0.273. The lowest BCUT2D eigenvalue weighted by molar-refractivity contribution is 0.207. The van der Waals surface area contributed by atoms with Crippen LogP contribution in [-0.4, -0.2) is 26.9 Å². The van der Waals surface area contributed by atoms with Crippen LogP contribution in [0.2, 0.25) is 0 Å². The molecule has 130 valence electrons. The first-order valence-corrected chi connectivity index (χ1v) is 9.29. The van der Waals surface area contributed by atoms with Gasteiger partial charge in [-0.25, -0.2) is 0 Å². The number of pyridine rings is 2. The second-order valence-electron chi connectivity index (χ2n) is 7.22. The molecular weight excluding hydrogens is 320 g/mol. The van der Waals surface area contributed by atoms with Crippen LogP contribution in [0.4, 0.5) is 0 Å². The summed E-state index contributed by atoms with van der Waals surface area (Å²) in [5.74, 6) is 0. The van der Waals surface area contributed by atoms with Gasteiger partial charge >= 0.3 is 0 Å². The average Bonchev–Trinajstić information content (AvgIpc) is 3.07. The highest BCUT2D eigenvalue weighted by Gasteiger charge is 2.25. The molecule has 0 saturated heterocycles. The molecular formula is C22H22N4. The van der Waals surface area contributed by atoms with Crippen LogP contribution in [0.5, 0.6) is 0 Å². The van der Waals surface area contributed by atoms with Gasteiger partial charge in [-0.3, -0.25) is 14.9 Å². The van der Waals surface area contributed by atoms with Gasteiger partial charge in [-0.2, -0.15) is 0 Å². The van der Waals surface area contributed by atoms with Gasteiger partial charge in [0.25, 0.3) is 0 Å². The van der Waals surface area contributed by atoms with Crippen LogP contribution in [0.25, 0.3) is 21.8 Å². The smallest absolute Gasteiger partial charge is 0.0784 e. The summed E-state index contributed by atoms with van der Waals surface area (Å²) in [4.78, 5) is 15.4. The van der Waals surface area contributed by atoms with Crippen LogP contribution < -0.4 is 0 Å². The van der Waals surface area contributed by atoms with Gasteiger partial charge in [0.05, 0.1) is 22.9 Å². The number of aromatic nitrogens is 3. The van der Waals surface area contributed by atoms with Crippen molar-refractivity contribution in [3.63, 3.8) is 0 Å². The van der Waals surface area contributed by atoms with E-state index < -0.39 is 0 Å². The van der Waals surface area contributed by atoms with Crippen molar-refractivity contribution in [2.75, 3.05) is 7.05 Å². The molecule has 1 N–H and O–H groups in total. The van der Waals surface area contributed by atoms with Gasteiger partial charge in [0.15, 0.2) is 0 Å². The number of para-hydroxylation sites is 1. The number of fused-ring (bicyclic) bond motifs is 4. The second kappa shape index (κ2) is 6.22. The fourth-order valence-corrected chi connectivity index (χ4v) is 4.31. The summed E-state index contributed by atoms with van der Waals surface area (Å²) in [5, 5.41) is 2.51. The third-order valence-electron chi connectivity index (χ3n) is 5.60. The maximum Gasteiger partial charge on any atom is 0.0784 e. The van der Waals surface area contributed by atoms with Crippen molar-refractivity contribution in [3.8, 4) is 0 Å². The number of benzene rings is 1. The summed E-state index contributed by atoms with van der Waals surface area (Å²) < 4.78 is 0. The van der Waals surface area contributed by atoms with E-state index in [1.807, 2.05) is 18.5 Å². The maximum absolute atomic E-state index is 4.70. The molecule has 1 atom stereocenters. The minimum atomic E-state index is 0.362. The number of aromatic amines is 1. The van der Waals surface area contributed by atoms with Crippen LogP contribution >= 0.6 is 0 Å². The number of rotatable bonds is 3. The number of nitrogens with zero attached hydrogens (tertiary/aromatic N) is 3. The van der Waals surface area contributed by atoms with Gasteiger partial charge in [0.2, 0.25) is 0 Å². The number of nitrogens with one attached hydrogen (secondary N) is 1. The lowest BCUT2D eigenvalue weighted by Gasteiger charge is -2.32. The van der Waals surface area contributed by atoms with E-state index in [1.165, 1.54) is 34.0 Å². The first-order chi connectivity index (χ1) is 12.8. The van der Waals surface area contributed by atoms with E-state index in [9.17, 15) is 0 Å². The summed E-state index contributed by atoms with van der Waals surface area (Å²) in [7, 11) is 2.19. The minimum absolute atomic E-state index is 0.362. The molecule has 0 bridgehead atoms. The maximum atomic E-state index is 4.70. The molecule has 0 unspecified atom stereocenters. The molecule has 4 nitrogen and oxygen atoms in total. The van der Waals surface area contributed by atoms with Crippen molar-refractivity contribution in [3.05, 3.63) is 71.8 Å². The lowest BCUT2D eigenvalue weighted by Crippen LogP contribution is -2.28. The molecule has 5 rings (SSSR count). The first kappa shape index (κ1) is 15.5. The highest BCUT2D eigenvalue weighted by Crippen LogP contribution is 2.33. The highest BCUT2D eigenvalue weighted by molar-refractivity contribution is 6.07. The summed E-state index contributed by atoms with van der Waals surface area (Å²) >= 11 is 0. The number of H-pyrrole nitrogens is 1. The SMILES string of the molecule is CN(Cc1nccc2c1[nH]c1ccccc12)[C@H]1CCCc2cccnc21. The molecule has 0 radical (unpaired) electrons. The van der Waals surface area contributed by atoms with Gasteiger partial charge in [0.1, 0.15) is 0 Å². The van der Waals surface area contributed by atoms with E-state index >= 15 is 0 Å². The Morgan fingerprint density at radius 1 is 1.04 bits per heavy atom. The predicted molar refractivity (Wildman–Crippen MR) is 105 cm³/mol. The lowest BCUT2D eigenvalue weighted by atomic mass is 9.91. The van der Waals surface area contributed by atoms with Gasteiger partial charge in [-0.05, 0) is 50.1 Å². The molecule has 0 aliphatic heterocycles. The topological polar surface area (TPSA) is 44.8 Å². The zero-order valence-electron chi connectivity index (χ0n) is 14.9. The van der Waals surface area contributed by atoms with Crippen molar-refractivity contribution in [2.45, 2.75) is 31.8 Å². The quantitative estimate of drug-likeness (QED) is 0.591. The Hall–Kier alpha value is -2.72. The van der Waals surface area contributed by atoms with E-state index in [-0.39, 0.29) is 0 Å². The highest BCUT2D eigenvalue weighted by atomic mass is 15.1. The second-order valence-corrected chi connectivity index (χ2v) is 7.22.